The number of imide groups is 1. The molecule has 4 rings (SSSR count). The molecule has 0 spiro atoms. The average molecular weight is 336 g/mol. The first-order chi connectivity index (χ1) is 12.0. The van der Waals surface area contributed by atoms with E-state index in [1.165, 1.54) is 24.2 Å². The van der Waals surface area contributed by atoms with Crippen molar-refractivity contribution in [2.24, 2.45) is 23.7 Å². The van der Waals surface area contributed by atoms with Crippen LogP contribution >= 0.6 is 0 Å². The Morgan fingerprint density at radius 3 is 2.56 bits per heavy atom. The average Bonchev–Trinajstić information content (AvgIpc) is 3.31. The zero-order chi connectivity index (χ0) is 17.7. The molecule has 1 aromatic heterocycles. The summed E-state index contributed by atoms with van der Waals surface area (Å²) in [4.78, 5) is 44.2. The Balaban J connectivity index is 1.51. The van der Waals surface area contributed by atoms with Crippen LogP contribution in [0.4, 0.5) is 5.82 Å². The van der Waals surface area contributed by atoms with Gasteiger partial charge in [0.2, 0.25) is 17.7 Å². The number of pyridine rings is 1. The van der Waals surface area contributed by atoms with Crippen LogP contribution in [0.3, 0.4) is 0 Å². The lowest BCUT2D eigenvalue weighted by Crippen LogP contribution is -2.42. The molecule has 0 unspecified atom stereocenters. The van der Waals surface area contributed by atoms with Gasteiger partial charge in [-0.15, -0.1) is 0 Å². The third kappa shape index (κ3) is 2.25. The number of aromatic nitrogens is 1. The minimum absolute atomic E-state index is 0.123. The van der Waals surface area contributed by atoms with Gasteiger partial charge in [-0.3, -0.25) is 24.2 Å². The maximum atomic E-state index is 12.6. The monoisotopic (exact) mass is 336 g/mol. The molecule has 4 atom stereocenters. The Morgan fingerprint density at radius 1 is 1.32 bits per heavy atom. The molecule has 7 nitrogen and oxygen atoms in total. The van der Waals surface area contributed by atoms with Crippen molar-refractivity contribution in [2.45, 2.75) is 6.42 Å². The highest BCUT2D eigenvalue weighted by Gasteiger charge is 2.59. The van der Waals surface area contributed by atoms with Gasteiger partial charge in [0.05, 0.1) is 23.5 Å². The maximum absolute atomic E-state index is 12.6. The zero-order valence-electron chi connectivity index (χ0n) is 13.6. The number of carbonyl (C=O) groups is 3. The molecule has 0 aromatic carbocycles. The molecule has 25 heavy (non-hydrogen) atoms. The van der Waals surface area contributed by atoms with Crippen LogP contribution in [0.2, 0.25) is 0 Å². The van der Waals surface area contributed by atoms with Crippen LogP contribution in [-0.4, -0.2) is 41.2 Å². The fourth-order valence-corrected chi connectivity index (χ4v) is 4.16. The second kappa shape index (κ2) is 5.52. The Hall–Kier alpha value is -3.01. The van der Waals surface area contributed by atoms with Gasteiger partial charge in [-0.2, -0.15) is 5.26 Å². The lowest BCUT2D eigenvalue weighted by Gasteiger charge is -2.21. The van der Waals surface area contributed by atoms with E-state index in [-0.39, 0.29) is 42.0 Å². The zero-order valence-corrected chi connectivity index (χ0v) is 13.6. The third-order valence-corrected chi connectivity index (χ3v) is 5.45. The van der Waals surface area contributed by atoms with Gasteiger partial charge in [0.25, 0.3) is 0 Å². The second-order valence-electron chi connectivity index (χ2n) is 6.73. The predicted octanol–water partition coefficient (Wildman–Crippen LogP) is 0.723. The highest BCUT2D eigenvalue weighted by atomic mass is 16.2. The number of amides is 3. The van der Waals surface area contributed by atoms with Gasteiger partial charge in [-0.1, -0.05) is 12.2 Å². The van der Waals surface area contributed by atoms with Crippen molar-refractivity contribution in [1.29, 1.82) is 5.26 Å². The molecule has 1 saturated heterocycles. The normalized spacial score (nSPS) is 29.0. The molecule has 2 heterocycles. The fraction of sp³-hybridized carbons (Fsp3) is 0.389. The fourth-order valence-electron chi connectivity index (χ4n) is 4.16. The van der Waals surface area contributed by atoms with Crippen molar-refractivity contribution < 1.29 is 14.4 Å². The summed E-state index contributed by atoms with van der Waals surface area (Å²) in [5.41, 5.74) is 0.384. The van der Waals surface area contributed by atoms with Crippen molar-refractivity contribution in [3.05, 3.63) is 36.0 Å². The predicted molar refractivity (Wildman–Crippen MR) is 86.8 cm³/mol. The SMILES string of the molecule is CN(C(=O)CN1C(=O)[C@@H]2[C@@H](C1=O)[C@H]1C=C[C@H]2C1)c1cc(C#N)ccn1. The number of likely N-dealkylation sites (N-methyl/N-ethyl adjacent to an activating group) is 1. The van der Waals surface area contributed by atoms with Crippen LogP contribution in [0.15, 0.2) is 30.5 Å². The van der Waals surface area contributed by atoms with E-state index in [4.69, 9.17) is 5.26 Å². The summed E-state index contributed by atoms with van der Waals surface area (Å²) in [6.45, 7) is -0.293. The van der Waals surface area contributed by atoms with Crippen LogP contribution in [0.5, 0.6) is 0 Å². The first kappa shape index (κ1) is 15.5. The van der Waals surface area contributed by atoms with Gasteiger partial charge in [0, 0.05) is 13.2 Å². The minimum atomic E-state index is -0.412. The molecule has 2 bridgehead atoms. The van der Waals surface area contributed by atoms with Crippen LogP contribution < -0.4 is 4.90 Å². The van der Waals surface area contributed by atoms with E-state index in [2.05, 4.69) is 4.98 Å². The van der Waals surface area contributed by atoms with E-state index in [0.29, 0.717) is 11.4 Å². The molecular formula is C18H16N4O3. The second-order valence-corrected chi connectivity index (χ2v) is 6.73. The molecule has 0 N–H and O–H groups in total. The Bertz CT molecular complexity index is 826. The summed E-state index contributed by atoms with van der Waals surface area (Å²) >= 11 is 0. The van der Waals surface area contributed by atoms with Crippen LogP contribution in [0, 0.1) is 35.0 Å². The van der Waals surface area contributed by atoms with Crippen molar-refractivity contribution in [3.8, 4) is 6.07 Å². The highest BCUT2D eigenvalue weighted by molar-refractivity contribution is 6.09. The highest BCUT2D eigenvalue weighted by Crippen LogP contribution is 2.52. The topological polar surface area (TPSA) is 94.4 Å². The summed E-state index contributed by atoms with van der Waals surface area (Å²) in [6, 6.07) is 5.02. The molecule has 3 amide bonds. The van der Waals surface area contributed by atoms with Crippen molar-refractivity contribution >= 4 is 23.5 Å². The van der Waals surface area contributed by atoms with Gasteiger partial charge < -0.3 is 0 Å². The van der Waals surface area contributed by atoms with Gasteiger partial charge in [0.15, 0.2) is 0 Å². The quantitative estimate of drug-likeness (QED) is 0.599. The first-order valence-corrected chi connectivity index (χ1v) is 8.17. The van der Waals surface area contributed by atoms with E-state index >= 15 is 0 Å². The molecule has 2 fully saturated rings. The summed E-state index contributed by atoms with van der Waals surface area (Å²) in [5, 5.41) is 8.94. The van der Waals surface area contributed by atoms with Crippen molar-refractivity contribution in [3.63, 3.8) is 0 Å². The largest absolute Gasteiger partial charge is 0.298 e. The molecule has 0 radical (unpaired) electrons. The van der Waals surface area contributed by atoms with Crippen LogP contribution in [-0.2, 0) is 14.4 Å². The molecule has 1 aromatic rings. The number of nitrogens with zero attached hydrogens (tertiary/aromatic N) is 4. The number of rotatable bonds is 3. The van der Waals surface area contributed by atoms with E-state index in [1.54, 1.807) is 6.07 Å². The number of anilines is 1. The molecule has 3 aliphatic rings. The van der Waals surface area contributed by atoms with Crippen LogP contribution in [0.25, 0.3) is 0 Å². The number of allylic oxidation sites excluding steroid dienone is 2. The van der Waals surface area contributed by atoms with E-state index in [1.807, 2.05) is 18.2 Å². The van der Waals surface area contributed by atoms with Gasteiger partial charge in [-0.05, 0) is 30.4 Å². The summed E-state index contributed by atoms with van der Waals surface area (Å²) < 4.78 is 0. The van der Waals surface area contributed by atoms with Crippen molar-refractivity contribution in [1.82, 2.24) is 9.88 Å². The standard InChI is InChI=1S/C18H16N4O3/c1-21(13-6-10(8-19)4-5-20-13)14(23)9-22-17(24)15-11-2-3-12(7-11)16(15)18(22)25/h2-6,11-12,15-16H,7,9H2,1H3/t11-,12-,15-,16-/m0/s1. The van der Waals surface area contributed by atoms with Gasteiger partial charge in [-0.25, -0.2) is 4.98 Å². The molecule has 7 heteroatoms. The summed E-state index contributed by atoms with van der Waals surface area (Å²) in [6.07, 6.45) is 6.34. The molecule has 126 valence electrons. The Kier molecular flexibility index (Phi) is 3.42. The lowest BCUT2D eigenvalue weighted by atomic mass is 9.85. The molecule has 2 aliphatic carbocycles. The number of likely N-dealkylation sites (tertiary alicyclic amines) is 1. The number of hydrogen-bond acceptors (Lipinski definition) is 5. The summed E-state index contributed by atoms with van der Waals surface area (Å²) in [5.74, 6) is -0.952. The first-order valence-electron chi connectivity index (χ1n) is 8.17. The van der Waals surface area contributed by atoms with Crippen LogP contribution in [0.1, 0.15) is 12.0 Å². The number of nitriles is 1. The molecule has 1 aliphatic heterocycles. The lowest BCUT2D eigenvalue weighted by molar-refractivity contribution is -0.143. The minimum Gasteiger partial charge on any atom is -0.298 e. The number of hydrogen-bond donors (Lipinski definition) is 0. The smallest absolute Gasteiger partial charge is 0.248 e. The summed E-state index contributed by atoms with van der Waals surface area (Å²) in [7, 11) is 1.52. The third-order valence-electron chi connectivity index (χ3n) is 5.45. The van der Waals surface area contributed by atoms with Crippen molar-refractivity contribution in [2.75, 3.05) is 18.5 Å². The number of fused-ring (bicyclic) bond motifs is 5. The number of carbonyl (C=O) groups excluding carboxylic acids is 3. The van der Waals surface area contributed by atoms with E-state index in [9.17, 15) is 14.4 Å². The van der Waals surface area contributed by atoms with E-state index in [0.717, 1.165) is 11.3 Å². The Morgan fingerprint density at radius 2 is 1.96 bits per heavy atom. The Labute approximate surface area is 144 Å². The van der Waals surface area contributed by atoms with E-state index < -0.39 is 5.91 Å². The maximum Gasteiger partial charge on any atom is 0.248 e. The van der Waals surface area contributed by atoms with Gasteiger partial charge >= 0.3 is 0 Å². The molecule has 1 saturated carbocycles. The van der Waals surface area contributed by atoms with Gasteiger partial charge in [0.1, 0.15) is 12.4 Å². The molecular weight excluding hydrogens is 320 g/mol.